The normalized spacial score (nSPS) is 19.2. The number of piperidine rings is 1. The van der Waals surface area contributed by atoms with Gasteiger partial charge in [-0.2, -0.15) is 0 Å². The van der Waals surface area contributed by atoms with Gasteiger partial charge in [0, 0.05) is 19.5 Å². The molecule has 4 nitrogen and oxygen atoms in total. The molecule has 0 radical (unpaired) electrons. The van der Waals surface area contributed by atoms with Gasteiger partial charge in [0.2, 0.25) is 5.91 Å². The SMILES string of the molecule is CC(CC(=O)N1CCCCC1)c1ccc2c(c1)OCCO2. The molecule has 2 aliphatic rings. The van der Waals surface area contributed by atoms with E-state index in [2.05, 4.69) is 6.92 Å². The average molecular weight is 289 g/mol. The average Bonchev–Trinajstić information content (AvgIpc) is 2.55. The maximum atomic E-state index is 12.3. The van der Waals surface area contributed by atoms with Crippen LogP contribution in [0.5, 0.6) is 11.5 Å². The molecule has 0 bridgehead atoms. The van der Waals surface area contributed by atoms with E-state index in [1.54, 1.807) is 0 Å². The lowest BCUT2D eigenvalue weighted by Gasteiger charge is -2.28. The van der Waals surface area contributed by atoms with Gasteiger partial charge in [-0.15, -0.1) is 0 Å². The van der Waals surface area contributed by atoms with Crippen LogP contribution in [0, 0.1) is 0 Å². The molecular formula is C17H23NO3. The van der Waals surface area contributed by atoms with Gasteiger partial charge in [-0.05, 0) is 42.9 Å². The molecule has 1 aromatic carbocycles. The van der Waals surface area contributed by atoms with Gasteiger partial charge in [-0.25, -0.2) is 0 Å². The zero-order valence-corrected chi connectivity index (χ0v) is 12.6. The van der Waals surface area contributed by atoms with E-state index in [4.69, 9.17) is 9.47 Å². The third-order valence-corrected chi connectivity index (χ3v) is 4.32. The number of rotatable bonds is 3. The van der Waals surface area contributed by atoms with Crippen molar-refractivity contribution in [2.75, 3.05) is 26.3 Å². The molecule has 3 rings (SSSR count). The molecule has 2 heterocycles. The van der Waals surface area contributed by atoms with Gasteiger partial charge in [0.15, 0.2) is 11.5 Å². The van der Waals surface area contributed by atoms with Crippen molar-refractivity contribution < 1.29 is 14.3 Å². The molecule has 0 aliphatic carbocycles. The molecule has 2 aliphatic heterocycles. The van der Waals surface area contributed by atoms with E-state index in [0.717, 1.165) is 43.0 Å². The summed E-state index contributed by atoms with van der Waals surface area (Å²) < 4.78 is 11.1. The first-order chi connectivity index (χ1) is 10.2. The summed E-state index contributed by atoms with van der Waals surface area (Å²) in [5.41, 5.74) is 1.14. The summed E-state index contributed by atoms with van der Waals surface area (Å²) in [4.78, 5) is 14.4. The van der Waals surface area contributed by atoms with E-state index >= 15 is 0 Å². The molecular weight excluding hydrogens is 266 g/mol. The minimum Gasteiger partial charge on any atom is -0.486 e. The first-order valence-corrected chi connectivity index (χ1v) is 7.91. The molecule has 0 spiro atoms. The summed E-state index contributed by atoms with van der Waals surface area (Å²) in [7, 11) is 0. The summed E-state index contributed by atoms with van der Waals surface area (Å²) in [5, 5.41) is 0. The number of carbonyl (C=O) groups is 1. The van der Waals surface area contributed by atoms with Crippen LogP contribution < -0.4 is 9.47 Å². The number of ether oxygens (including phenoxy) is 2. The predicted molar refractivity (Wildman–Crippen MR) is 80.9 cm³/mol. The fraction of sp³-hybridized carbons (Fsp3) is 0.588. The van der Waals surface area contributed by atoms with E-state index in [-0.39, 0.29) is 11.8 Å². The second-order valence-electron chi connectivity index (χ2n) is 5.95. The Labute approximate surface area is 126 Å². The highest BCUT2D eigenvalue weighted by Gasteiger charge is 2.21. The smallest absolute Gasteiger partial charge is 0.223 e. The highest BCUT2D eigenvalue weighted by atomic mass is 16.6. The van der Waals surface area contributed by atoms with Gasteiger partial charge in [0.05, 0.1) is 0 Å². The molecule has 0 aromatic heterocycles. The Hall–Kier alpha value is -1.71. The molecule has 1 amide bonds. The molecule has 1 atom stereocenters. The largest absolute Gasteiger partial charge is 0.486 e. The van der Waals surface area contributed by atoms with E-state index in [9.17, 15) is 4.79 Å². The highest BCUT2D eigenvalue weighted by molar-refractivity contribution is 5.77. The van der Waals surface area contributed by atoms with Crippen LogP contribution in [-0.2, 0) is 4.79 Å². The van der Waals surface area contributed by atoms with E-state index in [1.165, 1.54) is 6.42 Å². The first kappa shape index (κ1) is 14.2. The lowest BCUT2D eigenvalue weighted by molar-refractivity contribution is -0.132. The van der Waals surface area contributed by atoms with Crippen LogP contribution in [0.4, 0.5) is 0 Å². The van der Waals surface area contributed by atoms with Gasteiger partial charge < -0.3 is 14.4 Å². The van der Waals surface area contributed by atoms with E-state index < -0.39 is 0 Å². The molecule has 21 heavy (non-hydrogen) atoms. The van der Waals surface area contributed by atoms with Gasteiger partial charge >= 0.3 is 0 Å². The number of benzene rings is 1. The number of amides is 1. The van der Waals surface area contributed by atoms with Gasteiger partial charge in [0.1, 0.15) is 13.2 Å². The zero-order chi connectivity index (χ0) is 14.7. The monoisotopic (exact) mass is 289 g/mol. The summed E-state index contributed by atoms with van der Waals surface area (Å²) in [6.45, 7) is 5.15. The summed E-state index contributed by atoms with van der Waals surface area (Å²) >= 11 is 0. The highest BCUT2D eigenvalue weighted by Crippen LogP contribution is 2.34. The van der Waals surface area contributed by atoms with Crippen molar-refractivity contribution in [3.05, 3.63) is 23.8 Å². The standard InChI is InChI=1S/C17H23NO3/c1-13(11-17(19)18-7-3-2-4-8-18)14-5-6-15-16(12-14)21-10-9-20-15/h5-6,12-13H,2-4,7-11H2,1H3. The molecule has 1 unspecified atom stereocenters. The minimum absolute atomic E-state index is 0.204. The van der Waals surface area contributed by atoms with Gasteiger partial charge in [-0.3, -0.25) is 4.79 Å². The van der Waals surface area contributed by atoms with Crippen molar-refractivity contribution >= 4 is 5.91 Å². The predicted octanol–water partition coefficient (Wildman–Crippen LogP) is 2.96. The van der Waals surface area contributed by atoms with Gasteiger partial charge in [0.25, 0.3) is 0 Å². The fourth-order valence-electron chi connectivity index (χ4n) is 3.02. The number of hydrogen-bond acceptors (Lipinski definition) is 3. The topological polar surface area (TPSA) is 38.8 Å². The second-order valence-corrected chi connectivity index (χ2v) is 5.95. The summed E-state index contributed by atoms with van der Waals surface area (Å²) in [6, 6.07) is 6.01. The van der Waals surface area contributed by atoms with E-state index in [1.807, 2.05) is 23.1 Å². The first-order valence-electron chi connectivity index (χ1n) is 7.91. The number of likely N-dealkylation sites (tertiary alicyclic amines) is 1. The van der Waals surface area contributed by atoms with Crippen molar-refractivity contribution in [1.82, 2.24) is 4.90 Å². The number of nitrogens with zero attached hydrogens (tertiary/aromatic N) is 1. The molecule has 114 valence electrons. The van der Waals surface area contributed by atoms with Crippen molar-refractivity contribution in [3.8, 4) is 11.5 Å². The van der Waals surface area contributed by atoms with Crippen molar-refractivity contribution in [2.45, 2.75) is 38.5 Å². The third kappa shape index (κ3) is 3.31. The van der Waals surface area contributed by atoms with Crippen molar-refractivity contribution in [3.63, 3.8) is 0 Å². The Kier molecular flexibility index (Phi) is 4.32. The maximum Gasteiger partial charge on any atom is 0.223 e. The Balaban J connectivity index is 1.64. The Morgan fingerprint density at radius 1 is 1.14 bits per heavy atom. The molecule has 1 fully saturated rings. The number of hydrogen-bond donors (Lipinski definition) is 0. The van der Waals surface area contributed by atoms with Crippen LogP contribution in [0.25, 0.3) is 0 Å². The van der Waals surface area contributed by atoms with Crippen molar-refractivity contribution in [1.29, 1.82) is 0 Å². The maximum absolute atomic E-state index is 12.3. The zero-order valence-electron chi connectivity index (χ0n) is 12.6. The summed E-state index contributed by atoms with van der Waals surface area (Å²) in [6.07, 6.45) is 4.11. The van der Waals surface area contributed by atoms with Crippen LogP contribution in [-0.4, -0.2) is 37.1 Å². The van der Waals surface area contributed by atoms with Crippen molar-refractivity contribution in [2.24, 2.45) is 0 Å². The molecule has 1 saturated heterocycles. The summed E-state index contributed by atoms with van der Waals surface area (Å²) in [5.74, 6) is 2.09. The quantitative estimate of drug-likeness (QED) is 0.858. The Morgan fingerprint density at radius 2 is 1.86 bits per heavy atom. The molecule has 4 heteroatoms. The van der Waals surface area contributed by atoms with Crippen LogP contribution in [0.15, 0.2) is 18.2 Å². The van der Waals surface area contributed by atoms with Crippen LogP contribution in [0.3, 0.4) is 0 Å². The lowest BCUT2D eigenvalue weighted by atomic mass is 9.96. The van der Waals surface area contributed by atoms with Gasteiger partial charge in [-0.1, -0.05) is 13.0 Å². The van der Waals surface area contributed by atoms with E-state index in [0.29, 0.717) is 19.6 Å². The second kappa shape index (κ2) is 6.37. The minimum atomic E-state index is 0.204. The molecule has 0 N–H and O–H groups in total. The molecule has 0 saturated carbocycles. The third-order valence-electron chi connectivity index (χ3n) is 4.32. The Morgan fingerprint density at radius 3 is 2.62 bits per heavy atom. The number of carbonyl (C=O) groups excluding carboxylic acids is 1. The van der Waals surface area contributed by atoms with Crippen LogP contribution >= 0.6 is 0 Å². The van der Waals surface area contributed by atoms with Crippen LogP contribution in [0.1, 0.15) is 44.1 Å². The van der Waals surface area contributed by atoms with Crippen LogP contribution in [0.2, 0.25) is 0 Å². The lowest BCUT2D eigenvalue weighted by Crippen LogP contribution is -2.36. The Bertz CT molecular complexity index is 509. The molecule has 1 aromatic rings. The fourth-order valence-corrected chi connectivity index (χ4v) is 3.02. The number of fused-ring (bicyclic) bond motifs is 1.